The van der Waals surface area contributed by atoms with Crippen molar-refractivity contribution in [2.75, 3.05) is 37.6 Å². The van der Waals surface area contributed by atoms with E-state index in [0.29, 0.717) is 42.8 Å². The van der Waals surface area contributed by atoms with Crippen LogP contribution in [-0.4, -0.2) is 61.2 Å². The molecule has 1 saturated heterocycles. The number of benzene rings is 3. The molecule has 43 heavy (non-hydrogen) atoms. The average Bonchev–Trinajstić information content (AvgIpc) is 3.49. The van der Waals surface area contributed by atoms with Crippen molar-refractivity contribution in [3.63, 3.8) is 0 Å². The van der Waals surface area contributed by atoms with Crippen molar-refractivity contribution in [3.8, 4) is 11.3 Å². The average molecular weight is 682 g/mol. The number of nitrogens with zero attached hydrogens (tertiary/aromatic N) is 4. The van der Waals surface area contributed by atoms with Gasteiger partial charge in [-0.25, -0.2) is 13.4 Å². The van der Waals surface area contributed by atoms with Gasteiger partial charge in [-0.3, -0.25) is 14.6 Å². The number of sulfonamides is 1. The zero-order valence-electron chi connectivity index (χ0n) is 25.2. The molecule has 1 amide bonds. The lowest BCUT2D eigenvalue weighted by Gasteiger charge is -2.35. The van der Waals surface area contributed by atoms with Crippen molar-refractivity contribution >= 4 is 48.3 Å². The molecule has 2 heterocycles. The Labute approximate surface area is 267 Å². The number of hydrogen-bond donors (Lipinski definition) is 0. The van der Waals surface area contributed by atoms with Crippen LogP contribution >= 0.6 is 27.3 Å². The van der Waals surface area contributed by atoms with Gasteiger partial charge >= 0.3 is 0 Å². The van der Waals surface area contributed by atoms with E-state index in [1.165, 1.54) is 11.3 Å². The van der Waals surface area contributed by atoms with E-state index in [-0.39, 0.29) is 12.5 Å². The Balaban J connectivity index is 1.32. The van der Waals surface area contributed by atoms with Crippen LogP contribution in [-0.2, 0) is 21.4 Å². The molecule has 0 aliphatic carbocycles. The molecule has 0 bridgehead atoms. The summed E-state index contributed by atoms with van der Waals surface area (Å²) in [5.74, 6) is -0.0617. The van der Waals surface area contributed by atoms with Gasteiger partial charge in [-0.05, 0) is 80.1 Å². The Kier molecular flexibility index (Phi) is 9.53. The minimum Gasteiger partial charge on any atom is -0.292 e. The van der Waals surface area contributed by atoms with Crippen LogP contribution < -0.4 is 4.90 Å². The van der Waals surface area contributed by atoms with Crippen LogP contribution in [0.4, 0.5) is 5.13 Å². The van der Waals surface area contributed by atoms with E-state index >= 15 is 0 Å². The Morgan fingerprint density at radius 3 is 2.05 bits per heavy atom. The highest BCUT2D eigenvalue weighted by Gasteiger charge is 2.33. The molecule has 226 valence electrons. The highest BCUT2D eigenvalue weighted by Crippen LogP contribution is 2.33. The number of thiazole rings is 1. The van der Waals surface area contributed by atoms with Crippen molar-refractivity contribution in [2.45, 2.75) is 46.1 Å². The summed E-state index contributed by atoms with van der Waals surface area (Å²) in [6.07, 6.45) is 0. The topological polar surface area (TPSA) is 73.8 Å². The van der Waals surface area contributed by atoms with Crippen LogP contribution in [0, 0.1) is 34.6 Å². The van der Waals surface area contributed by atoms with Crippen LogP contribution in [0.3, 0.4) is 0 Å². The van der Waals surface area contributed by atoms with E-state index in [4.69, 9.17) is 4.98 Å². The minimum absolute atomic E-state index is 0.0617. The number of hydrogen-bond acceptors (Lipinski definition) is 6. The number of amides is 1. The van der Waals surface area contributed by atoms with Crippen molar-refractivity contribution in [1.82, 2.24) is 14.2 Å². The lowest BCUT2D eigenvalue weighted by Crippen LogP contribution is -2.51. The van der Waals surface area contributed by atoms with Crippen molar-refractivity contribution in [1.29, 1.82) is 0 Å². The lowest BCUT2D eigenvalue weighted by molar-refractivity contribution is -0.120. The van der Waals surface area contributed by atoms with E-state index in [1.54, 1.807) is 9.21 Å². The maximum absolute atomic E-state index is 13.8. The summed E-state index contributed by atoms with van der Waals surface area (Å²) >= 11 is 4.93. The van der Waals surface area contributed by atoms with Gasteiger partial charge in [0.25, 0.3) is 0 Å². The molecule has 1 aliphatic rings. The van der Waals surface area contributed by atoms with Gasteiger partial charge < -0.3 is 0 Å². The third kappa shape index (κ3) is 6.63. The molecule has 0 radical (unpaired) electrons. The van der Waals surface area contributed by atoms with E-state index < -0.39 is 10.0 Å². The highest BCUT2D eigenvalue weighted by atomic mass is 79.9. The van der Waals surface area contributed by atoms with E-state index in [0.717, 1.165) is 49.1 Å². The summed E-state index contributed by atoms with van der Waals surface area (Å²) in [6, 6.07) is 17.9. The minimum atomic E-state index is -3.66. The zero-order chi connectivity index (χ0) is 30.9. The maximum Gasteiger partial charge on any atom is 0.243 e. The Bertz CT molecular complexity index is 1700. The summed E-state index contributed by atoms with van der Waals surface area (Å²) < 4.78 is 30.2. The molecule has 0 saturated carbocycles. The quantitative estimate of drug-likeness (QED) is 0.208. The maximum atomic E-state index is 13.8. The molecule has 0 atom stereocenters. The van der Waals surface area contributed by atoms with Crippen LogP contribution in [0.25, 0.3) is 11.3 Å². The van der Waals surface area contributed by atoms with E-state index in [9.17, 15) is 13.2 Å². The van der Waals surface area contributed by atoms with Gasteiger partial charge in [-0.15, -0.1) is 11.3 Å². The molecule has 1 fully saturated rings. The summed E-state index contributed by atoms with van der Waals surface area (Å²) in [4.78, 5) is 22.9. The van der Waals surface area contributed by atoms with Crippen molar-refractivity contribution in [3.05, 3.63) is 97.8 Å². The number of halogens is 1. The van der Waals surface area contributed by atoms with E-state index in [1.807, 2.05) is 99.5 Å². The Hall–Kier alpha value is -2.89. The Morgan fingerprint density at radius 2 is 1.44 bits per heavy atom. The van der Waals surface area contributed by atoms with Crippen LogP contribution in [0.5, 0.6) is 0 Å². The monoisotopic (exact) mass is 680 g/mol. The molecular formula is C33H37BrN4O3S2. The van der Waals surface area contributed by atoms with Gasteiger partial charge in [-0.1, -0.05) is 58.4 Å². The molecule has 4 aromatic rings. The van der Waals surface area contributed by atoms with Gasteiger partial charge in [-0.2, -0.15) is 4.31 Å². The zero-order valence-corrected chi connectivity index (χ0v) is 28.4. The summed E-state index contributed by atoms with van der Waals surface area (Å²) in [6.45, 7) is 12.1. The molecule has 0 unspecified atom stereocenters. The molecule has 1 aromatic heterocycles. The summed E-state index contributed by atoms with van der Waals surface area (Å²) in [5, 5.41) is 2.62. The second kappa shape index (κ2) is 13.0. The van der Waals surface area contributed by atoms with Gasteiger partial charge in [0.15, 0.2) is 5.13 Å². The summed E-state index contributed by atoms with van der Waals surface area (Å²) in [7, 11) is -3.66. The number of anilines is 1. The summed E-state index contributed by atoms with van der Waals surface area (Å²) in [5.41, 5.74) is 7.65. The predicted octanol–water partition coefficient (Wildman–Crippen LogP) is 6.65. The fourth-order valence-electron chi connectivity index (χ4n) is 5.56. The van der Waals surface area contributed by atoms with Crippen LogP contribution in [0.15, 0.2) is 69.3 Å². The second-order valence-corrected chi connectivity index (χ2v) is 14.7. The van der Waals surface area contributed by atoms with E-state index in [2.05, 4.69) is 15.9 Å². The molecule has 10 heteroatoms. The van der Waals surface area contributed by atoms with Crippen LogP contribution in [0.2, 0.25) is 0 Å². The molecule has 1 aliphatic heterocycles. The number of rotatable bonds is 8. The van der Waals surface area contributed by atoms with Gasteiger partial charge in [0.05, 0.1) is 23.7 Å². The smallest absolute Gasteiger partial charge is 0.243 e. The number of piperazine rings is 1. The molecule has 0 spiro atoms. The van der Waals surface area contributed by atoms with Crippen molar-refractivity contribution in [2.24, 2.45) is 0 Å². The SMILES string of the molecule is Cc1c(C)c(C)c(S(=O)(=O)N2CCN(CC(=O)N(Cc3ccccc3)c3nc(-c4ccc(Br)cc4)cs3)CC2)c(C)c1C. The first-order valence-corrected chi connectivity index (χ1v) is 17.4. The molecular weight excluding hydrogens is 644 g/mol. The first kappa shape index (κ1) is 31.5. The first-order valence-electron chi connectivity index (χ1n) is 14.3. The molecule has 5 rings (SSSR count). The molecule has 0 N–H and O–H groups in total. The fraction of sp³-hybridized carbons (Fsp3) is 0.333. The largest absolute Gasteiger partial charge is 0.292 e. The fourth-order valence-corrected chi connectivity index (χ4v) is 8.65. The highest BCUT2D eigenvalue weighted by molar-refractivity contribution is 9.10. The van der Waals surface area contributed by atoms with Gasteiger partial charge in [0, 0.05) is 41.6 Å². The lowest BCUT2D eigenvalue weighted by atomic mass is 9.95. The van der Waals surface area contributed by atoms with Gasteiger partial charge in [0.2, 0.25) is 15.9 Å². The molecule has 7 nitrogen and oxygen atoms in total. The third-order valence-electron chi connectivity index (χ3n) is 8.57. The standard InChI is InChI=1S/C33H37BrN4O3S2/c1-22-23(2)25(4)32(26(5)24(22)3)43(40,41)37-17-15-36(16-18-37)20-31(39)38(19-27-9-7-6-8-10-27)33-35-30(21-42-33)28-11-13-29(34)14-12-28/h6-14,21H,15-20H2,1-5H3. The Morgan fingerprint density at radius 1 is 0.860 bits per heavy atom. The number of carbonyl (C=O) groups is 1. The number of aromatic nitrogens is 1. The van der Waals surface area contributed by atoms with Gasteiger partial charge in [0.1, 0.15) is 0 Å². The predicted molar refractivity (Wildman–Crippen MR) is 178 cm³/mol. The normalized spacial score (nSPS) is 14.7. The first-order chi connectivity index (χ1) is 20.5. The third-order valence-corrected chi connectivity index (χ3v) is 12.1. The van der Waals surface area contributed by atoms with Crippen LogP contribution in [0.1, 0.15) is 33.4 Å². The van der Waals surface area contributed by atoms with Crippen molar-refractivity contribution < 1.29 is 13.2 Å². The molecule has 3 aromatic carbocycles. The second-order valence-electron chi connectivity index (χ2n) is 11.1. The number of carbonyl (C=O) groups excluding carboxylic acids is 1.